The lowest BCUT2D eigenvalue weighted by Crippen LogP contribution is -2.41. The lowest BCUT2D eigenvalue weighted by molar-refractivity contribution is 0.0888. The summed E-state index contributed by atoms with van der Waals surface area (Å²) in [5.74, 6) is 2.37. The van der Waals surface area contributed by atoms with Crippen LogP contribution in [0.15, 0.2) is 29.3 Å². The minimum atomic E-state index is 0. The first kappa shape index (κ1) is 21.2. The molecule has 2 aliphatic rings. The third-order valence-electron chi connectivity index (χ3n) is 4.63. The molecule has 26 heavy (non-hydrogen) atoms. The van der Waals surface area contributed by atoms with E-state index in [-0.39, 0.29) is 30.0 Å². The molecular weight excluding hydrogens is 445 g/mol. The van der Waals surface area contributed by atoms with Crippen LogP contribution in [0.1, 0.15) is 30.9 Å². The maximum Gasteiger partial charge on any atom is 0.191 e. The smallest absolute Gasteiger partial charge is 0.191 e. The van der Waals surface area contributed by atoms with Gasteiger partial charge < -0.3 is 24.8 Å². The summed E-state index contributed by atoms with van der Waals surface area (Å²) in [4.78, 5) is 4.33. The fourth-order valence-electron chi connectivity index (χ4n) is 3.20. The summed E-state index contributed by atoms with van der Waals surface area (Å²) in [6.07, 6.45) is 3.02. The maximum atomic E-state index is 5.73. The molecule has 2 atom stereocenters. The average molecular weight is 475 g/mol. The Labute approximate surface area is 173 Å². The van der Waals surface area contributed by atoms with Crippen LogP contribution in [0.25, 0.3) is 0 Å². The molecule has 146 valence electrons. The number of rotatable bonds is 7. The van der Waals surface area contributed by atoms with Gasteiger partial charge in [0, 0.05) is 44.7 Å². The van der Waals surface area contributed by atoms with Crippen molar-refractivity contribution >= 4 is 29.9 Å². The Balaban J connectivity index is 0.00000243. The van der Waals surface area contributed by atoms with E-state index in [9.17, 15) is 0 Å². The highest BCUT2D eigenvalue weighted by molar-refractivity contribution is 14.0. The Morgan fingerprint density at radius 2 is 2.15 bits per heavy atom. The molecule has 0 aliphatic carbocycles. The number of nitrogens with zero attached hydrogens (tertiary/aromatic N) is 1. The highest BCUT2D eigenvalue weighted by atomic mass is 127. The summed E-state index contributed by atoms with van der Waals surface area (Å²) in [7, 11) is 1.80. The van der Waals surface area contributed by atoms with E-state index in [0.717, 1.165) is 70.6 Å². The number of halogens is 1. The van der Waals surface area contributed by atoms with Crippen molar-refractivity contribution in [1.29, 1.82) is 0 Å². The summed E-state index contributed by atoms with van der Waals surface area (Å²) in [5, 5.41) is 6.87. The van der Waals surface area contributed by atoms with Crippen LogP contribution in [-0.2, 0) is 9.47 Å². The fourth-order valence-corrected chi connectivity index (χ4v) is 3.20. The van der Waals surface area contributed by atoms with Gasteiger partial charge >= 0.3 is 0 Å². The second kappa shape index (κ2) is 11.6. The number of hydrogen-bond donors (Lipinski definition) is 2. The van der Waals surface area contributed by atoms with Crippen molar-refractivity contribution in [3.05, 3.63) is 29.8 Å². The molecule has 1 saturated heterocycles. The standard InChI is InChI=1S/C19H29N3O3.HI/c1-20-19(21-9-4-10-23-13-15-7-11-24-14-15)22-17-8-12-25-18-6-3-2-5-16(17)18;/h2-3,5-6,15,17H,4,7-14H2,1H3,(H2,20,21,22);1H. The third kappa shape index (κ3) is 6.28. The molecule has 0 spiro atoms. The number of benzene rings is 1. The molecule has 1 aromatic carbocycles. The molecule has 2 N–H and O–H groups in total. The Morgan fingerprint density at radius 1 is 1.27 bits per heavy atom. The number of ether oxygens (including phenoxy) is 3. The van der Waals surface area contributed by atoms with Crippen LogP contribution in [0.2, 0.25) is 0 Å². The van der Waals surface area contributed by atoms with Gasteiger partial charge in [-0.25, -0.2) is 0 Å². The third-order valence-corrected chi connectivity index (χ3v) is 4.63. The molecule has 1 fully saturated rings. The Bertz CT molecular complexity index is 565. The Kier molecular flexibility index (Phi) is 9.49. The zero-order valence-corrected chi connectivity index (χ0v) is 17.7. The molecule has 2 aliphatic heterocycles. The van der Waals surface area contributed by atoms with Gasteiger partial charge in [0.15, 0.2) is 5.96 Å². The molecule has 0 bridgehead atoms. The topological polar surface area (TPSA) is 64.1 Å². The lowest BCUT2D eigenvalue weighted by atomic mass is 10.0. The number of aliphatic imine (C=N–C) groups is 1. The summed E-state index contributed by atoms with van der Waals surface area (Å²) in [6.45, 7) is 4.87. The van der Waals surface area contributed by atoms with Crippen LogP contribution in [0.5, 0.6) is 5.75 Å². The van der Waals surface area contributed by atoms with Crippen LogP contribution < -0.4 is 15.4 Å². The molecule has 2 unspecified atom stereocenters. The van der Waals surface area contributed by atoms with Crippen molar-refractivity contribution in [1.82, 2.24) is 10.6 Å². The van der Waals surface area contributed by atoms with E-state index in [1.54, 1.807) is 7.05 Å². The predicted molar refractivity (Wildman–Crippen MR) is 114 cm³/mol. The monoisotopic (exact) mass is 475 g/mol. The van der Waals surface area contributed by atoms with Crippen molar-refractivity contribution in [2.24, 2.45) is 10.9 Å². The van der Waals surface area contributed by atoms with Crippen LogP contribution in [0.3, 0.4) is 0 Å². The highest BCUT2D eigenvalue weighted by Gasteiger charge is 2.21. The van der Waals surface area contributed by atoms with Crippen LogP contribution in [0, 0.1) is 5.92 Å². The van der Waals surface area contributed by atoms with Gasteiger partial charge in [-0.05, 0) is 18.9 Å². The van der Waals surface area contributed by atoms with Gasteiger partial charge in [0.05, 0.1) is 25.9 Å². The predicted octanol–water partition coefficient (Wildman–Crippen LogP) is 2.74. The molecule has 0 aromatic heterocycles. The number of guanidine groups is 1. The number of hydrogen-bond acceptors (Lipinski definition) is 4. The first-order chi connectivity index (χ1) is 12.4. The van der Waals surface area contributed by atoms with Gasteiger partial charge in [0.1, 0.15) is 5.75 Å². The van der Waals surface area contributed by atoms with Crippen molar-refractivity contribution in [2.45, 2.75) is 25.3 Å². The molecule has 6 nitrogen and oxygen atoms in total. The first-order valence-corrected chi connectivity index (χ1v) is 9.21. The molecule has 0 radical (unpaired) electrons. The summed E-state index contributed by atoms with van der Waals surface area (Å²) < 4.78 is 16.8. The van der Waals surface area contributed by atoms with E-state index in [1.807, 2.05) is 18.2 Å². The van der Waals surface area contributed by atoms with E-state index in [1.165, 1.54) is 5.56 Å². The fraction of sp³-hybridized carbons (Fsp3) is 0.632. The van der Waals surface area contributed by atoms with E-state index in [4.69, 9.17) is 14.2 Å². The van der Waals surface area contributed by atoms with Gasteiger partial charge in [0.2, 0.25) is 0 Å². The lowest BCUT2D eigenvalue weighted by Gasteiger charge is -2.28. The van der Waals surface area contributed by atoms with Crippen molar-refractivity contribution in [2.75, 3.05) is 46.6 Å². The second-order valence-electron chi connectivity index (χ2n) is 6.53. The van der Waals surface area contributed by atoms with Crippen LogP contribution in [-0.4, -0.2) is 52.6 Å². The normalized spacial score (nSPS) is 22.1. The number of nitrogens with one attached hydrogen (secondary N) is 2. The molecule has 0 saturated carbocycles. The zero-order valence-electron chi connectivity index (χ0n) is 15.4. The van der Waals surface area contributed by atoms with E-state index in [2.05, 4.69) is 21.7 Å². The average Bonchev–Trinajstić information content (AvgIpc) is 3.17. The molecule has 2 heterocycles. The Morgan fingerprint density at radius 3 is 2.96 bits per heavy atom. The molecular formula is C19H30IN3O3. The number of fused-ring (bicyclic) bond motifs is 1. The van der Waals surface area contributed by atoms with Crippen molar-refractivity contribution in [3.63, 3.8) is 0 Å². The van der Waals surface area contributed by atoms with Crippen molar-refractivity contribution in [3.8, 4) is 5.75 Å². The largest absolute Gasteiger partial charge is 0.493 e. The van der Waals surface area contributed by atoms with Gasteiger partial charge in [-0.15, -0.1) is 24.0 Å². The SMILES string of the molecule is CN=C(NCCCOCC1CCOC1)NC1CCOc2ccccc21.I. The molecule has 7 heteroatoms. The highest BCUT2D eigenvalue weighted by Crippen LogP contribution is 2.31. The second-order valence-corrected chi connectivity index (χ2v) is 6.53. The molecule has 0 amide bonds. The van der Waals surface area contributed by atoms with E-state index >= 15 is 0 Å². The molecule has 1 aromatic rings. The van der Waals surface area contributed by atoms with E-state index in [0.29, 0.717) is 5.92 Å². The first-order valence-electron chi connectivity index (χ1n) is 9.21. The maximum absolute atomic E-state index is 5.73. The number of para-hydroxylation sites is 1. The minimum Gasteiger partial charge on any atom is -0.493 e. The van der Waals surface area contributed by atoms with E-state index < -0.39 is 0 Å². The minimum absolute atomic E-state index is 0. The van der Waals surface area contributed by atoms with Crippen LogP contribution in [0.4, 0.5) is 0 Å². The van der Waals surface area contributed by atoms with Crippen LogP contribution >= 0.6 is 24.0 Å². The van der Waals surface area contributed by atoms with Crippen molar-refractivity contribution < 1.29 is 14.2 Å². The van der Waals surface area contributed by atoms with Gasteiger partial charge in [-0.1, -0.05) is 18.2 Å². The van der Waals surface area contributed by atoms with Gasteiger partial charge in [0.25, 0.3) is 0 Å². The molecule has 3 rings (SSSR count). The zero-order chi connectivity index (χ0) is 17.3. The Hall–Kier alpha value is -1.06. The van der Waals surface area contributed by atoms with Gasteiger partial charge in [-0.3, -0.25) is 4.99 Å². The summed E-state index contributed by atoms with van der Waals surface area (Å²) in [5.41, 5.74) is 1.19. The summed E-state index contributed by atoms with van der Waals surface area (Å²) >= 11 is 0. The summed E-state index contributed by atoms with van der Waals surface area (Å²) in [6, 6.07) is 8.41. The van der Waals surface area contributed by atoms with Gasteiger partial charge in [-0.2, -0.15) is 0 Å². The quantitative estimate of drug-likeness (QED) is 0.275.